The first kappa shape index (κ1) is 11.0. The van der Waals surface area contributed by atoms with E-state index in [0.29, 0.717) is 22.0 Å². The molecule has 1 aliphatic heterocycles. The summed E-state index contributed by atoms with van der Waals surface area (Å²) >= 11 is 5.85. The van der Waals surface area contributed by atoms with Gasteiger partial charge in [-0.1, -0.05) is 29.8 Å². The number of halogens is 1. The Labute approximate surface area is 109 Å². The van der Waals surface area contributed by atoms with Crippen LogP contribution in [0.4, 0.5) is 11.4 Å². The number of para-hydroxylation sites is 1. The van der Waals surface area contributed by atoms with E-state index in [1.807, 2.05) is 18.2 Å². The zero-order valence-electron chi connectivity index (χ0n) is 9.26. The largest absolute Gasteiger partial charge is 0.304 e. The molecule has 0 fully saturated rings. The lowest BCUT2D eigenvalue weighted by molar-refractivity contribution is -0.113. The molecule has 0 saturated heterocycles. The summed E-state index contributed by atoms with van der Waals surface area (Å²) in [5.74, 6) is -1.06. The molecule has 1 heterocycles. The highest BCUT2D eigenvalue weighted by molar-refractivity contribution is 6.54. The summed E-state index contributed by atoms with van der Waals surface area (Å²) in [6.45, 7) is 0. The van der Waals surface area contributed by atoms with Crippen molar-refractivity contribution in [2.24, 2.45) is 0 Å². The van der Waals surface area contributed by atoms with Crippen molar-refractivity contribution in [3.05, 3.63) is 59.1 Å². The summed E-state index contributed by atoms with van der Waals surface area (Å²) in [5, 5.41) is 0.449. The van der Waals surface area contributed by atoms with Crippen LogP contribution in [0.1, 0.15) is 10.4 Å². The van der Waals surface area contributed by atoms with Gasteiger partial charge in [-0.05, 0) is 30.3 Å². The maximum absolute atomic E-state index is 12.0. The van der Waals surface area contributed by atoms with E-state index in [1.54, 1.807) is 24.3 Å². The van der Waals surface area contributed by atoms with Crippen molar-refractivity contribution in [2.75, 3.05) is 4.90 Å². The van der Waals surface area contributed by atoms with Crippen molar-refractivity contribution < 1.29 is 9.59 Å². The van der Waals surface area contributed by atoms with Crippen LogP contribution in [0, 0.1) is 0 Å². The van der Waals surface area contributed by atoms with E-state index in [2.05, 4.69) is 0 Å². The Balaban J connectivity index is 2.20. The van der Waals surface area contributed by atoms with Gasteiger partial charge in [0.15, 0.2) is 0 Å². The van der Waals surface area contributed by atoms with Crippen LogP contribution in [0.5, 0.6) is 0 Å². The van der Waals surface area contributed by atoms with Crippen LogP contribution in [-0.2, 0) is 4.79 Å². The van der Waals surface area contributed by atoms with Crippen molar-refractivity contribution in [1.29, 1.82) is 0 Å². The first-order chi connectivity index (χ1) is 8.68. The number of ketones is 1. The highest BCUT2D eigenvalue weighted by atomic mass is 35.5. The number of rotatable bonds is 1. The second kappa shape index (κ2) is 3.96. The minimum atomic E-state index is -0.543. The molecule has 3 nitrogen and oxygen atoms in total. The Hall–Kier alpha value is -2.13. The van der Waals surface area contributed by atoms with Gasteiger partial charge in [-0.2, -0.15) is 0 Å². The summed E-state index contributed by atoms with van der Waals surface area (Å²) < 4.78 is 0. The highest BCUT2D eigenvalue weighted by Crippen LogP contribution is 2.36. The van der Waals surface area contributed by atoms with Crippen LogP contribution < -0.4 is 4.90 Å². The average Bonchev–Trinajstić information content (AvgIpc) is 2.64. The second-order valence-corrected chi connectivity index (χ2v) is 4.40. The van der Waals surface area contributed by atoms with E-state index in [1.165, 1.54) is 11.0 Å². The molecular formula is C14H8ClNO2. The summed E-state index contributed by atoms with van der Waals surface area (Å²) in [4.78, 5) is 25.3. The van der Waals surface area contributed by atoms with Crippen molar-refractivity contribution in [3.63, 3.8) is 0 Å². The van der Waals surface area contributed by atoms with Crippen molar-refractivity contribution >= 4 is 34.7 Å². The second-order valence-electron chi connectivity index (χ2n) is 3.97. The lowest BCUT2D eigenvalue weighted by Gasteiger charge is -2.16. The summed E-state index contributed by atoms with van der Waals surface area (Å²) in [5.41, 5.74) is 1.62. The first-order valence-corrected chi connectivity index (χ1v) is 5.79. The van der Waals surface area contributed by atoms with Crippen LogP contribution in [-0.4, -0.2) is 11.7 Å². The Bertz CT molecular complexity index is 652. The number of carbonyl (C=O) groups is 2. The van der Waals surface area contributed by atoms with E-state index >= 15 is 0 Å². The Morgan fingerprint density at radius 3 is 2.39 bits per heavy atom. The van der Waals surface area contributed by atoms with Crippen LogP contribution in [0.3, 0.4) is 0 Å². The van der Waals surface area contributed by atoms with Crippen molar-refractivity contribution in [2.45, 2.75) is 0 Å². The molecule has 1 amide bonds. The Morgan fingerprint density at radius 2 is 1.67 bits per heavy atom. The zero-order valence-corrected chi connectivity index (χ0v) is 10.0. The summed E-state index contributed by atoms with van der Waals surface area (Å²) in [6.07, 6.45) is 0. The summed E-state index contributed by atoms with van der Waals surface area (Å²) in [7, 11) is 0. The van der Waals surface area contributed by atoms with Gasteiger partial charge in [0, 0.05) is 10.7 Å². The van der Waals surface area contributed by atoms with Crippen LogP contribution in [0.15, 0.2) is 48.5 Å². The number of Topliss-reactive ketones (excluding diaryl/α,β-unsaturated/α-hetero) is 1. The lowest BCUT2D eigenvalue weighted by Crippen LogP contribution is -2.24. The Kier molecular flexibility index (Phi) is 2.42. The van der Waals surface area contributed by atoms with E-state index in [4.69, 9.17) is 11.6 Å². The van der Waals surface area contributed by atoms with Gasteiger partial charge in [-0.25, -0.2) is 0 Å². The molecule has 4 heteroatoms. The minimum absolute atomic E-state index is 0.358. The van der Waals surface area contributed by atoms with E-state index < -0.39 is 11.7 Å². The fourth-order valence-corrected chi connectivity index (χ4v) is 2.22. The number of nitrogens with zero attached hydrogens (tertiary/aromatic N) is 1. The Morgan fingerprint density at radius 1 is 0.944 bits per heavy atom. The lowest BCUT2D eigenvalue weighted by atomic mass is 10.1. The topological polar surface area (TPSA) is 37.4 Å². The van der Waals surface area contributed by atoms with Crippen molar-refractivity contribution in [3.8, 4) is 0 Å². The number of benzene rings is 2. The molecule has 2 aromatic carbocycles. The molecule has 0 atom stereocenters. The molecule has 18 heavy (non-hydrogen) atoms. The molecule has 0 radical (unpaired) electrons. The number of hydrogen-bond donors (Lipinski definition) is 0. The average molecular weight is 258 g/mol. The van der Waals surface area contributed by atoms with Gasteiger partial charge in [-0.3, -0.25) is 14.5 Å². The molecule has 0 aliphatic carbocycles. The third-order valence-electron chi connectivity index (χ3n) is 2.86. The van der Waals surface area contributed by atoms with Gasteiger partial charge in [0.2, 0.25) is 0 Å². The molecule has 0 unspecified atom stereocenters. The number of fused-ring (bicyclic) bond motifs is 1. The molecule has 2 aromatic rings. The maximum atomic E-state index is 12.0. The first-order valence-electron chi connectivity index (χ1n) is 5.42. The minimum Gasteiger partial charge on any atom is -0.283 e. The van der Waals surface area contributed by atoms with E-state index in [-0.39, 0.29) is 0 Å². The van der Waals surface area contributed by atoms with Gasteiger partial charge >= 0.3 is 5.91 Å². The molecule has 0 aromatic heterocycles. The van der Waals surface area contributed by atoms with Gasteiger partial charge in [-0.15, -0.1) is 0 Å². The standard InChI is InChI=1S/C14H8ClNO2/c15-9-6-7-12-11(8-9)13(17)14(18)16(12)10-4-2-1-3-5-10/h1-8H. The highest BCUT2D eigenvalue weighted by Gasteiger charge is 2.36. The van der Waals surface area contributed by atoms with Crippen LogP contribution >= 0.6 is 11.6 Å². The molecule has 0 bridgehead atoms. The molecule has 88 valence electrons. The van der Waals surface area contributed by atoms with E-state index in [9.17, 15) is 9.59 Å². The third kappa shape index (κ3) is 1.52. The molecule has 1 aliphatic rings. The number of hydrogen-bond acceptors (Lipinski definition) is 2. The number of carbonyl (C=O) groups excluding carboxylic acids is 2. The van der Waals surface area contributed by atoms with Gasteiger partial charge in [0.1, 0.15) is 0 Å². The molecular weight excluding hydrogens is 250 g/mol. The predicted octanol–water partition coefficient (Wildman–Crippen LogP) is 3.20. The predicted molar refractivity (Wildman–Crippen MR) is 69.4 cm³/mol. The summed E-state index contributed by atoms with van der Waals surface area (Å²) in [6, 6.07) is 14.0. The third-order valence-corrected chi connectivity index (χ3v) is 3.09. The van der Waals surface area contributed by atoms with Gasteiger partial charge in [0.05, 0.1) is 11.3 Å². The maximum Gasteiger partial charge on any atom is 0.304 e. The van der Waals surface area contributed by atoms with Gasteiger partial charge in [0.25, 0.3) is 5.78 Å². The van der Waals surface area contributed by atoms with Crippen molar-refractivity contribution in [1.82, 2.24) is 0 Å². The van der Waals surface area contributed by atoms with Gasteiger partial charge < -0.3 is 0 Å². The fraction of sp³-hybridized carbons (Fsp3) is 0. The quantitative estimate of drug-likeness (QED) is 0.736. The molecule has 0 N–H and O–H groups in total. The smallest absolute Gasteiger partial charge is 0.283 e. The monoisotopic (exact) mass is 257 g/mol. The molecule has 0 saturated carbocycles. The number of amides is 1. The fourth-order valence-electron chi connectivity index (χ4n) is 2.04. The van der Waals surface area contributed by atoms with E-state index in [0.717, 1.165) is 0 Å². The zero-order chi connectivity index (χ0) is 12.7. The normalized spacial score (nSPS) is 13.9. The van der Waals surface area contributed by atoms with Crippen LogP contribution in [0.25, 0.3) is 0 Å². The SMILES string of the molecule is O=C1C(=O)N(c2ccccc2)c2ccc(Cl)cc21. The number of anilines is 2. The van der Waals surface area contributed by atoms with Crippen LogP contribution in [0.2, 0.25) is 5.02 Å². The molecule has 3 rings (SSSR count). The molecule has 0 spiro atoms.